The lowest BCUT2D eigenvalue weighted by atomic mass is 10.00. The van der Waals surface area contributed by atoms with Crippen LogP contribution in [0.5, 0.6) is 0 Å². The molecule has 1 saturated heterocycles. The zero-order valence-corrected chi connectivity index (χ0v) is 16.9. The molecule has 7 nitrogen and oxygen atoms in total. The van der Waals surface area contributed by atoms with Crippen molar-refractivity contribution in [3.8, 4) is 0 Å². The molecule has 0 spiro atoms. The molecule has 4 rings (SSSR count). The second-order valence-corrected chi connectivity index (χ2v) is 7.97. The predicted molar refractivity (Wildman–Crippen MR) is 108 cm³/mol. The van der Waals surface area contributed by atoms with E-state index >= 15 is 0 Å². The summed E-state index contributed by atoms with van der Waals surface area (Å²) in [6, 6.07) is 9.77. The van der Waals surface area contributed by atoms with Gasteiger partial charge in [0.25, 0.3) is 5.56 Å². The normalized spacial score (nSPS) is 19.7. The summed E-state index contributed by atoms with van der Waals surface area (Å²) in [6.07, 6.45) is 1.30. The average Bonchev–Trinajstić information content (AvgIpc) is 3.23. The van der Waals surface area contributed by atoms with E-state index in [2.05, 4.69) is 4.98 Å². The number of rotatable bonds is 3. The number of benzene rings is 1. The van der Waals surface area contributed by atoms with Gasteiger partial charge in [-0.25, -0.2) is 4.98 Å². The highest BCUT2D eigenvalue weighted by Crippen LogP contribution is 2.28. The highest BCUT2D eigenvalue weighted by molar-refractivity contribution is 5.83. The van der Waals surface area contributed by atoms with Crippen LogP contribution in [0.4, 0.5) is 0 Å². The molecule has 2 amide bonds. The standard InChI is InChI=1S/C22H26N4O3/c1-14(16-6-4-3-5-7-16)22(29)26-10-8-17(12-26)20-23-19-13-25(15(2)27)11-9-18(19)21(28)24-20/h3-7,14,17H,8-13H2,1-2H3,(H,23,24,28). The molecule has 2 aliphatic heterocycles. The number of likely N-dealkylation sites (tertiary alicyclic amines) is 1. The summed E-state index contributed by atoms with van der Waals surface area (Å²) >= 11 is 0. The van der Waals surface area contributed by atoms with E-state index in [4.69, 9.17) is 4.98 Å². The fourth-order valence-corrected chi connectivity index (χ4v) is 4.26. The Bertz CT molecular complexity index is 985. The Morgan fingerprint density at radius 2 is 1.93 bits per heavy atom. The molecule has 2 unspecified atom stereocenters. The minimum Gasteiger partial charge on any atom is -0.341 e. The molecule has 3 heterocycles. The monoisotopic (exact) mass is 394 g/mol. The lowest BCUT2D eigenvalue weighted by molar-refractivity contribution is -0.131. The van der Waals surface area contributed by atoms with Crippen LogP contribution in [0.3, 0.4) is 0 Å². The first-order valence-corrected chi connectivity index (χ1v) is 10.1. The molecule has 2 atom stereocenters. The lowest BCUT2D eigenvalue weighted by Gasteiger charge is -2.27. The number of aromatic amines is 1. The minimum atomic E-state index is -0.199. The van der Waals surface area contributed by atoms with Crippen LogP contribution in [-0.4, -0.2) is 51.2 Å². The molecule has 29 heavy (non-hydrogen) atoms. The van der Waals surface area contributed by atoms with Crippen LogP contribution in [0.2, 0.25) is 0 Å². The second kappa shape index (κ2) is 7.81. The van der Waals surface area contributed by atoms with Crippen LogP contribution in [0, 0.1) is 0 Å². The number of aromatic nitrogens is 2. The van der Waals surface area contributed by atoms with Gasteiger partial charge in [-0.2, -0.15) is 0 Å². The Morgan fingerprint density at radius 1 is 1.17 bits per heavy atom. The summed E-state index contributed by atoms with van der Waals surface area (Å²) in [7, 11) is 0. The van der Waals surface area contributed by atoms with Crippen molar-refractivity contribution in [1.82, 2.24) is 19.8 Å². The number of nitrogens with zero attached hydrogens (tertiary/aromatic N) is 3. The molecular weight excluding hydrogens is 368 g/mol. The van der Waals surface area contributed by atoms with Gasteiger partial charge in [0.2, 0.25) is 11.8 Å². The lowest BCUT2D eigenvalue weighted by Crippen LogP contribution is -2.38. The molecule has 2 aromatic rings. The fraction of sp³-hybridized carbons (Fsp3) is 0.455. The van der Waals surface area contributed by atoms with Crippen LogP contribution < -0.4 is 5.56 Å². The molecule has 0 radical (unpaired) electrons. The Hall–Kier alpha value is -2.96. The van der Waals surface area contributed by atoms with E-state index in [-0.39, 0.29) is 29.2 Å². The summed E-state index contributed by atoms with van der Waals surface area (Å²) in [5.41, 5.74) is 2.25. The van der Waals surface area contributed by atoms with E-state index < -0.39 is 0 Å². The third-order valence-corrected chi connectivity index (χ3v) is 6.09. The molecule has 0 saturated carbocycles. The van der Waals surface area contributed by atoms with Crippen molar-refractivity contribution in [2.24, 2.45) is 0 Å². The van der Waals surface area contributed by atoms with Gasteiger partial charge in [0.15, 0.2) is 0 Å². The van der Waals surface area contributed by atoms with Gasteiger partial charge < -0.3 is 14.8 Å². The van der Waals surface area contributed by atoms with Gasteiger partial charge in [-0.15, -0.1) is 0 Å². The zero-order valence-electron chi connectivity index (χ0n) is 16.9. The number of fused-ring (bicyclic) bond motifs is 1. The molecule has 2 aliphatic rings. The van der Waals surface area contributed by atoms with Gasteiger partial charge in [-0.3, -0.25) is 14.4 Å². The third-order valence-electron chi connectivity index (χ3n) is 6.09. The Morgan fingerprint density at radius 3 is 2.66 bits per heavy atom. The van der Waals surface area contributed by atoms with E-state index in [1.807, 2.05) is 42.2 Å². The smallest absolute Gasteiger partial charge is 0.254 e. The minimum absolute atomic E-state index is 0.00706. The molecule has 152 valence electrons. The van der Waals surface area contributed by atoms with Crippen molar-refractivity contribution in [3.63, 3.8) is 0 Å². The molecule has 1 fully saturated rings. The van der Waals surface area contributed by atoms with E-state index in [1.165, 1.54) is 6.92 Å². The molecule has 1 aromatic heterocycles. The van der Waals surface area contributed by atoms with Gasteiger partial charge in [-0.05, 0) is 25.3 Å². The maximum absolute atomic E-state index is 12.9. The molecular formula is C22H26N4O3. The summed E-state index contributed by atoms with van der Waals surface area (Å²) < 4.78 is 0. The molecule has 1 N–H and O–H groups in total. The van der Waals surface area contributed by atoms with E-state index in [1.54, 1.807) is 4.90 Å². The topological polar surface area (TPSA) is 86.4 Å². The van der Waals surface area contributed by atoms with Gasteiger partial charge in [0.1, 0.15) is 5.82 Å². The van der Waals surface area contributed by atoms with Gasteiger partial charge in [-0.1, -0.05) is 30.3 Å². The highest BCUT2D eigenvalue weighted by Gasteiger charge is 2.32. The van der Waals surface area contributed by atoms with Gasteiger partial charge in [0, 0.05) is 38.0 Å². The third kappa shape index (κ3) is 3.81. The summed E-state index contributed by atoms with van der Waals surface area (Å²) in [5.74, 6) is 0.526. The first-order chi connectivity index (χ1) is 13.9. The van der Waals surface area contributed by atoms with Crippen molar-refractivity contribution >= 4 is 11.8 Å². The van der Waals surface area contributed by atoms with E-state index in [9.17, 15) is 14.4 Å². The number of carbonyl (C=O) groups is 2. The summed E-state index contributed by atoms with van der Waals surface area (Å²) in [6.45, 7) is 5.60. The fourth-order valence-electron chi connectivity index (χ4n) is 4.26. The molecule has 0 bridgehead atoms. The zero-order chi connectivity index (χ0) is 20.5. The summed E-state index contributed by atoms with van der Waals surface area (Å²) in [5, 5.41) is 0. The van der Waals surface area contributed by atoms with E-state index in [0.717, 1.165) is 12.0 Å². The highest BCUT2D eigenvalue weighted by atomic mass is 16.2. The van der Waals surface area contributed by atoms with Crippen molar-refractivity contribution in [2.75, 3.05) is 19.6 Å². The maximum atomic E-state index is 12.9. The predicted octanol–water partition coefficient (Wildman–Crippen LogP) is 1.79. The first-order valence-electron chi connectivity index (χ1n) is 10.1. The number of amides is 2. The number of hydrogen-bond donors (Lipinski definition) is 1. The van der Waals surface area contributed by atoms with Gasteiger partial charge in [0.05, 0.1) is 18.2 Å². The van der Waals surface area contributed by atoms with Crippen molar-refractivity contribution in [3.05, 3.63) is 63.3 Å². The number of carbonyl (C=O) groups excluding carboxylic acids is 2. The molecule has 7 heteroatoms. The summed E-state index contributed by atoms with van der Waals surface area (Å²) in [4.78, 5) is 48.4. The van der Waals surface area contributed by atoms with Gasteiger partial charge >= 0.3 is 0 Å². The van der Waals surface area contributed by atoms with Crippen LogP contribution in [-0.2, 0) is 22.6 Å². The van der Waals surface area contributed by atoms with E-state index in [0.29, 0.717) is 49.7 Å². The van der Waals surface area contributed by atoms with Crippen molar-refractivity contribution < 1.29 is 9.59 Å². The Kier molecular flexibility index (Phi) is 5.22. The van der Waals surface area contributed by atoms with Crippen LogP contribution in [0.15, 0.2) is 35.1 Å². The van der Waals surface area contributed by atoms with Crippen LogP contribution >= 0.6 is 0 Å². The maximum Gasteiger partial charge on any atom is 0.254 e. The quantitative estimate of drug-likeness (QED) is 0.860. The number of nitrogens with one attached hydrogen (secondary N) is 1. The first kappa shape index (κ1) is 19.4. The average molecular weight is 394 g/mol. The van der Waals surface area contributed by atoms with Crippen LogP contribution in [0.25, 0.3) is 0 Å². The van der Waals surface area contributed by atoms with Crippen LogP contribution in [0.1, 0.15) is 54.7 Å². The molecule has 0 aliphatic carbocycles. The van der Waals surface area contributed by atoms with Crippen molar-refractivity contribution in [2.45, 2.75) is 45.1 Å². The Labute approximate surface area is 169 Å². The number of H-pyrrole nitrogens is 1. The number of hydrogen-bond acceptors (Lipinski definition) is 4. The van der Waals surface area contributed by atoms with Crippen molar-refractivity contribution in [1.29, 1.82) is 0 Å². The SMILES string of the molecule is CC(=O)N1CCc2c(nc(C3CCN(C(=O)C(C)c4ccccc4)C3)[nH]c2=O)C1. The molecule has 1 aromatic carbocycles. The Balaban J connectivity index is 1.50. The largest absolute Gasteiger partial charge is 0.341 e. The second-order valence-electron chi connectivity index (χ2n) is 7.97.